The monoisotopic (exact) mass is 463 g/mol. The Hall–Kier alpha value is -4.04. The Morgan fingerprint density at radius 3 is 2.52 bits per heavy atom. The minimum atomic E-state index is -1.08. The highest BCUT2D eigenvalue weighted by Crippen LogP contribution is 2.30. The van der Waals surface area contributed by atoms with Gasteiger partial charge in [-0.15, -0.1) is 5.10 Å². The lowest BCUT2D eigenvalue weighted by atomic mass is 10.1. The van der Waals surface area contributed by atoms with Gasteiger partial charge in [0.2, 0.25) is 0 Å². The van der Waals surface area contributed by atoms with Crippen LogP contribution in [-0.4, -0.2) is 25.1 Å². The van der Waals surface area contributed by atoms with Crippen molar-refractivity contribution < 1.29 is 13.9 Å². The Morgan fingerprint density at radius 1 is 0.970 bits per heavy atom. The smallest absolute Gasteiger partial charge is 0.187 e. The van der Waals surface area contributed by atoms with Gasteiger partial charge in [0.25, 0.3) is 0 Å². The van der Waals surface area contributed by atoms with E-state index in [9.17, 15) is 13.9 Å². The Labute approximate surface area is 192 Å². The third-order valence-electron chi connectivity index (χ3n) is 5.20. The minimum Gasteiger partial charge on any atom is -0.503 e. The molecule has 164 valence electrons. The molecule has 0 atom stereocenters. The average molecular weight is 464 g/mol. The summed E-state index contributed by atoms with van der Waals surface area (Å²) in [6, 6.07) is 17.1. The van der Waals surface area contributed by atoms with Crippen molar-refractivity contribution in [1.29, 1.82) is 0 Å². The summed E-state index contributed by atoms with van der Waals surface area (Å²) in [5.74, 6) is -3.20. The second-order valence-corrected chi connectivity index (χ2v) is 7.87. The van der Waals surface area contributed by atoms with Gasteiger partial charge in [0.1, 0.15) is 5.69 Å². The standard InChI is InChI=1S/C24H16ClF2N5O/c1-13-5-6-14(9-17(13)25)28-20-3-2-4-21-16(20)7-8-22(29-21)23-12-32(31-30-23)15-10-18(26)24(33)19(27)11-15/h2-12,28,33H,1H3. The van der Waals surface area contributed by atoms with Gasteiger partial charge >= 0.3 is 0 Å². The zero-order valence-electron chi connectivity index (χ0n) is 17.2. The highest BCUT2D eigenvalue weighted by atomic mass is 35.5. The van der Waals surface area contributed by atoms with Crippen molar-refractivity contribution in [2.24, 2.45) is 0 Å². The molecule has 0 saturated heterocycles. The molecule has 0 unspecified atom stereocenters. The second-order valence-electron chi connectivity index (χ2n) is 7.46. The van der Waals surface area contributed by atoms with Crippen molar-refractivity contribution in [3.63, 3.8) is 0 Å². The van der Waals surface area contributed by atoms with E-state index in [1.807, 2.05) is 49.4 Å². The molecular formula is C24H16ClF2N5O. The highest BCUT2D eigenvalue weighted by molar-refractivity contribution is 6.31. The first kappa shape index (κ1) is 20.8. The van der Waals surface area contributed by atoms with Gasteiger partial charge in [0.05, 0.1) is 23.1 Å². The third-order valence-corrected chi connectivity index (χ3v) is 5.61. The van der Waals surface area contributed by atoms with Crippen molar-refractivity contribution in [3.8, 4) is 22.8 Å². The van der Waals surface area contributed by atoms with Crippen molar-refractivity contribution in [2.75, 3.05) is 5.32 Å². The van der Waals surface area contributed by atoms with Gasteiger partial charge in [-0.2, -0.15) is 0 Å². The molecule has 6 nitrogen and oxygen atoms in total. The van der Waals surface area contributed by atoms with Gasteiger partial charge in [0, 0.05) is 33.9 Å². The molecule has 2 N–H and O–H groups in total. The Bertz CT molecular complexity index is 1500. The van der Waals surface area contributed by atoms with Crippen LogP contribution >= 0.6 is 11.6 Å². The quantitative estimate of drug-likeness (QED) is 0.333. The van der Waals surface area contributed by atoms with E-state index in [1.54, 1.807) is 6.07 Å². The zero-order valence-corrected chi connectivity index (χ0v) is 18.0. The number of hydrogen-bond acceptors (Lipinski definition) is 5. The maximum absolute atomic E-state index is 13.7. The number of nitrogens with one attached hydrogen (secondary N) is 1. The number of fused-ring (bicyclic) bond motifs is 1. The van der Waals surface area contributed by atoms with Gasteiger partial charge in [0.15, 0.2) is 17.4 Å². The Balaban J connectivity index is 1.48. The van der Waals surface area contributed by atoms with Crippen molar-refractivity contribution in [1.82, 2.24) is 20.0 Å². The summed E-state index contributed by atoms with van der Waals surface area (Å²) >= 11 is 6.24. The number of rotatable bonds is 4. The molecule has 2 heterocycles. The Morgan fingerprint density at radius 2 is 1.76 bits per heavy atom. The molecule has 0 spiro atoms. The molecular weight excluding hydrogens is 448 g/mol. The van der Waals surface area contributed by atoms with Gasteiger partial charge in [-0.05, 0) is 48.9 Å². The molecule has 5 aromatic rings. The molecule has 3 aromatic carbocycles. The van der Waals surface area contributed by atoms with Crippen LogP contribution in [-0.2, 0) is 0 Å². The van der Waals surface area contributed by atoms with Crippen LogP contribution in [0.4, 0.5) is 20.2 Å². The van der Waals surface area contributed by atoms with E-state index in [0.717, 1.165) is 40.0 Å². The van der Waals surface area contributed by atoms with E-state index in [0.29, 0.717) is 16.4 Å². The van der Waals surface area contributed by atoms with E-state index in [2.05, 4.69) is 20.6 Å². The molecule has 9 heteroatoms. The maximum atomic E-state index is 13.7. The molecule has 0 fully saturated rings. The fraction of sp³-hybridized carbons (Fsp3) is 0.0417. The number of phenolic OH excluding ortho intramolecular Hbond substituents is 1. The van der Waals surface area contributed by atoms with E-state index in [1.165, 1.54) is 10.9 Å². The van der Waals surface area contributed by atoms with Crippen molar-refractivity contribution in [2.45, 2.75) is 6.92 Å². The van der Waals surface area contributed by atoms with Crippen LogP contribution < -0.4 is 5.32 Å². The predicted octanol–water partition coefficient (Wildman–Crippen LogP) is 6.17. The lowest BCUT2D eigenvalue weighted by Crippen LogP contribution is -1.97. The molecule has 0 bridgehead atoms. The predicted molar refractivity (Wildman–Crippen MR) is 123 cm³/mol. The normalized spacial score (nSPS) is 11.2. The summed E-state index contributed by atoms with van der Waals surface area (Å²) < 4.78 is 28.6. The molecule has 0 amide bonds. The van der Waals surface area contributed by atoms with Crippen LogP contribution in [0.2, 0.25) is 5.02 Å². The lowest BCUT2D eigenvalue weighted by molar-refractivity contribution is 0.395. The van der Waals surface area contributed by atoms with Gasteiger partial charge in [-0.25, -0.2) is 18.4 Å². The largest absolute Gasteiger partial charge is 0.503 e. The SMILES string of the molecule is Cc1ccc(Nc2cccc3nc(-c4cn(-c5cc(F)c(O)c(F)c5)nn4)ccc23)cc1Cl. The molecule has 0 aliphatic heterocycles. The molecule has 5 rings (SSSR count). The van der Waals surface area contributed by atoms with E-state index in [4.69, 9.17) is 11.6 Å². The minimum absolute atomic E-state index is 0.0885. The average Bonchev–Trinajstić information content (AvgIpc) is 3.30. The number of pyridine rings is 1. The van der Waals surface area contributed by atoms with Crippen LogP contribution in [0, 0.1) is 18.6 Å². The van der Waals surface area contributed by atoms with E-state index in [-0.39, 0.29) is 5.69 Å². The van der Waals surface area contributed by atoms with Gasteiger partial charge in [-0.1, -0.05) is 28.9 Å². The van der Waals surface area contributed by atoms with Crippen molar-refractivity contribution >= 4 is 33.9 Å². The van der Waals surface area contributed by atoms with Crippen LogP contribution in [0.25, 0.3) is 28.0 Å². The van der Waals surface area contributed by atoms with Gasteiger partial charge < -0.3 is 10.4 Å². The molecule has 0 aliphatic carbocycles. The summed E-state index contributed by atoms with van der Waals surface area (Å²) in [4.78, 5) is 4.67. The summed E-state index contributed by atoms with van der Waals surface area (Å²) in [5, 5.41) is 22.2. The number of hydrogen-bond donors (Lipinski definition) is 2. The zero-order chi connectivity index (χ0) is 23.1. The third kappa shape index (κ3) is 3.96. The molecule has 33 heavy (non-hydrogen) atoms. The fourth-order valence-electron chi connectivity index (χ4n) is 3.42. The van der Waals surface area contributed by atoms with Crippen LogP contribution in [0.15, 0.2) is 66.9 Å². The fourth-order valence-corrected chi connectivity index (χ4v) is 3.61. The number of aromatic hydroxyl groups is 1. The van der Waals surface area contributed by atoms with Gasteiger partial charge in [-0.3, -0.25) is 0 Å². The number of nitrogens with zero attached hydrogens (tertiary/aromatic N) is 4. The highest BCUT2D eigenvalue weighted by Gasteiger charge is 2.14. The van der Waals surface area contributed by atoms with Crippen molar-refractivity contribution in [3.05, 3.63) is 89.1 Å². The van der Waals surface area contributed by atoms with Crippen LogP contribution in [0.3, 0.4) is 0 Å². The number of phenols is 1. The first-order valence-corrected chi connectivity index (χ1v) is 10.3. The first-order valence-electron chi connectivity index (χ1n) is 9.93. The number of anilines is 2. The summed E-state index contributed by atoms with van der Waals surface area (Å²) in [6.07, 6.45) is 1.51. The summed E-state index contributed by atoms with van der Waals surface area (Å²) in [6.45, 7) is 1.94. The number of aromatic nitrogens is 4. The molecule has 0 radical (unpaired) electrons. The number of benzene rings is 3. The van der Waals surface area contributed by atoms with E-state index >= 15 is 0 Å². The molecule has 0 saturated carbocycles. The molecule has 0 aliphatic rings. The van der Waals surface area contributed by atoms with Crippen LogP contribution in [0.1, 0.15) is 5.56 Å². The Kier molecular flexibility index (Phi) is 5.14. The second kappa shape index (κ2) is 8.14. The summed E-state index contributed by atoms with van der Waals surface area (Å²) in [7, 11) is 0. The maximum Gasteiger partial charge on any atom is 0.187 e. The first-order chi connectivity index (χ1) is 15.9. The van der Waals surface area contributed by atoms with E-state index < -0.39 is 17.4 Å². The number of aryl methyl sites for hydroxylation is 1. The lowest BCUT2D eigenvalue weighted by Gasteiger charge is -2.11. The topological polar surface area (TPSA) is 75.9 Å². The molecule has 2 aromatic heterocycles. The number of halogens is 3. The van der Waals surface area contributed by atoms with Crippen LogP contribution in [0.5, 0.6) is 5.75 Å². The summed E-state index contributed by atoms with van der Waals surface area (Å²) in [5.41, 5.74) is 4.51.